The van der Waals surface area contributed by atoms with Crippen molar-refractivity contribution in [2.75, 3.05) is 24.7 Å². The fraction of sp³-hybridized carbons (Fsp3) is 0.417. The molecule has 0 spiro atoms. The van der Waals surface area contributed by atoms with Crippen LogP contribution in [0.2, 0.25) is 0 Å². The van der Waals surface area contributed by atoms with Crippen LogP contribution in [0.5, 0.6) is 0 Å². The number of amides is 2. The number of carbonyl (C=O) groups is 2. The third-order valence-electron chi connectivity index (χ3n) is 5.17. The van der Waals surface area contributed by atoms with E-state index in [4.69, 9.17) is 9.47 Å². The smallest absolute Gasteiger partial charge is 0.327 e. The number of pyridine rings is 1. The van der Waals surface area contributed by atoms with Crippen molar-refractivity contribution in [3.8, 4) is 6.07 Å². The summed E-state index contributed by atoms with van der Waals surface area (Å²) in [6.07, 6.45) is 8.95. The predicted molar refractivity (Wildman–Crippen MR) is 120 cm³/mol. The van der Waals surface area contributed by atoms with E-state index in [2.05, 4.69) is 16.4 Å². The Kier molecular flexibility index (Phi) is 8.17. The molecule has 3 rings (SSSR count). The molecule has 2 aliphatic rings. The van der Waals surface area contributed by atoms with Crippen molar-refractivity contribution in [2.45, 2.75) is 45.6 Å². The molecule has 1 aromatic heterocycles. The van der Waals surface area contributed by atoms with Crippen LogP contribution in [0.4, 0.5) is 10.6 Å². The molecule has 0 bridgehead atoms. The molecule has 2 aliphatic heterocycles. The summed E-state index contributed by atoms with van der Waals surface area (Å²) in [6.45, 7) is 5.31. The molecule has 1 unspecified atom stereocenters. The first kappa shape index (κ1) is 23.2. The minimum atomic E-state index is -0.346. The maximum atomic E-state index is 13.0. The van der Waals surface area contributed by atoms with Crippen LogP contribution in [-0.4, -0.2) is 43.2 Å². The highest BCUT2D eigenvalue weighted by Gasteiger charge is 2.25. The van der Waals surface area contributed by atoms with E-state index in [1.54, 1.807) is 30.0 Å². The number of fused-ring (bicyclic) bond motifs is 1. The number of aryl methyl sites for hydroxylation is 1. The summed E-state index contributed by atoms with van der Waals surface area (Å²) in [5.41, 5.74) is 2.13. The highest BCUT2D eigenvalue weighted by atomic mass is 16.5. The molecule has 1 fully saturated rings. The number of carbonyl (C=O) groups excluding carboxylic acids is 2. The Morgan fingerprint density at radius 2 is 2.31 bits per heavy atom. The van der Waals surface area contributed by atoms with Gasteiger partial charge in [-0.1, -0.05) is 19.1 Å². The third kappa shape index (κ3) is 5.83. The lowest BCUT2D eigenvalue weighted by Gasteiger charge is -2.28. The van der Waals surface area contributed by atoms with Gasteiger partial charge in [-0.3, -0.25) is 9.69 Å². The standard InChI is InChI=1S/C24H28N4O4/c1-3-4-6-19(14-25)22(32-21-10-12-31-16-21)13-17(2)26-24(30)28-11-5-7-18-8-9-20(15-29)27-23(18)28/h4,6,8-9,13,15,21H,3,5,7,10-12,16H2,1-2H3,(H,26,30)/b6-4+,17-13+,22-19-. The van der Waals surface area contributed by atoms with E-state index in [1.807, 2.05) is 19.1 Å². The van der Waals surface area contributed by atoms with Gasteiger partial charge in [0.15, 0.2) is 6.29 Å². The number of allylic oxidation sites excluding steroid dienone is 5. The highest BCUT2D eigenvalue weighted by molar-refractivity contribution is 5.93. The Labute approximate surface area is 188 Å². The van der Waals surface area contributed by atoms with Crippen LogP contribution in [0.3, 0.4) is 0 Å². The lowest BCUT2D eigenvalue weighted by molar-refractivity contribution is 0.0972. The summed E-state index contributed by atoms with van der Waals surface area (Å²) in [5, 5.41) is 12.5. The fourth-order valence-corrected chi connectivity index (χ4v) is 3.56. The zero-order valence-electron chi connectivity index (χ0n) is 18.5. The van der Waals surface area contributed by atoms with Crippen LogP contribution >= 0.6 is 0 Å². The molecule has 3 heterocycles. The zero-order chi connectivity index (χ0) is 22.9. The number of nitriles is 1. The highest BCUT2D eigenvalue weighted by Crippen LogP contribution is 2.25. The summed E-state index contributed by atoms with van der Waals surface area (Å²) >= 11 is 0. The Bertz CT molecular complexity index is 984. The van der Waals surface area contributed by atoms with Crippen LogP contribution in [0, 0.1) is 11.3 Å². The number of anilines is 1. The van der Waals surface area contributed by atoms with Crippen LogP contribution in [0.15, 0.2) is 47.4 Å². The molecule has 0 aliphatic carbocycles. The number of ether oxygens (including phenoxy) is 2. The van der Waals surface area contributed by atoms with Crippen molar-refractivity contribution in [3.63, 3.8) is 0 Å². The number of nitrogens with zero attached hydrogens (tertiary/aromatic N) is 3. The maximum Gasteiger partial charge on any atom is 0.327 e. The van der Waals surface area contributed by atoms with Crippen LogP contribution in [0.1, 0.15) is 49.2 Å². The van der Waals surface area contributed by atoms with Gasteiger partial charge in [-0.15, -0.1) is 0 Å². The number of rotatable bonds is 7. The topological polar surface area (TPSA) is 105 Å². The molecule has 8 nitrogen and oxygen atoms in total. The minimum absolute atomic E-state index is 0.136. The molecule has 32 heavy (non-hydrogen) atoms. The average molecular weight is 437 g/mol. The lowest BCUT2D eigenvalue weighted by atomic mass is 10.1. The Hall–Kier alpha value is -3.44. The minimum Gasteiger partial charge on any atom is -0.486 e. The van der Waals surface area contributed by atoms with Crippen LogP contribution in [0.25, 0.3) is 0 Å². The van der Waals surface area contributed by atoms with Gasteiger partial charge >= 0.3 is 6.03 Å². The second kappa shape index (κ2) is 11.3. The summed E-state index contributed by atoms with van der Waals surface area (Å²) in [5.74, 6) is 0.899. The van der Waals surface area contributed by atoms with Gasteiger partial charge in [-0.25, -0.2) is 9.78 Å². The van der Waals surface area contributed by atoms with Gasteiger partial charge in [-0.05, 0) is 43.9 Å². The molecular weight excluding hydrogens is 408 g/mol. The molecule has 0 saturated carbocycles. The second-order valence-corrected chi connectivity index (χ2v) is 7.65. The van der Waals surface area contributed by atoms with Gasteiger partial charge in [-0.2, -0.15) is 5.26 Å². The Morgan fingerprint density at radius 1 is 1.47 bits per heavy atom. The fourth-order valence-electron chi connectivity index (χ4n) is 3.56. The van der Waals surface area contributed by atoms with E-state index in [1.165, 1.54) is 0 Å². The lowest BCUT2D eigenvalue weighted by Crippen LogP contribution is -2.42. The first-order valence-corrected chi connectivity index (χ1v) is 10.8. The van der Waals surface area contributed by atoms with E-state index in [-0.39, 0.29) is 17.8 Å². The molecule has 0 radical (unpaired) electrons. The molecule has 1 atom stereocenters. The van der Waals surface area contributed by atoms with E-state index in [9.17, 15) is 14.9 Å². The first-order chi connectivity index (χ1) is 15.5. The molecule has 168 valence electrons. The number of aromatic nitrogens is 1. The molecule has 8 heteroatoms. The Morgan fingerprint density at radius 3 is 3.00 bits per heavy atom. The van der Waals surface area contributed by atoms with Gasteiger partial charge in [0, 0.05) is 24.7 Å². The van der Waals surface area contributed by atoms with Gasteiger partial charge < -0.3 is 14.8 Å². The van der Waals surface area contributed by atoms with E-state index in [0.29, 0.717) is 48.9 Å². The molecule has 2 amide bonds. The quantitative estimate of drug-likeness (QED) is 0.302. The van der Waals surface area contributed by atoms with Gasteiger partial charge in [0.25, 0.3) is 0 Å². The second-order valence-electron chi connectivity index (χ2n) is 7.65. The largest absolute Gasteiger partial charge is 0.486 e. The zero-order valence-corrected chi connectivity index (χ0v) is 18.5. The molecule has 0 aromatic carbocycles. The summed E-state index contributed by atoms with van der Waals surface area (Å²) in [6, 6.07) is 5.33. The van der Waals surface area contributed by atoms with Crippen molar-refractivity contribution in [3.05, 3.63) is 58.6 Å². The normalized spacial score (nSPS) is 19.2. The van der Waals surface area contributed by atoms with Crippen molar-refractivity contribution in [2.24, 2.45) is 0 Å². The van der Waals surface area contributed by atoms with Gasteiger partial charge in [0.1, 0.15) is 29.4 Å². The van der Waals surface area contributed by atoms with Gasteiger partial charge in [0.05, 0.1) is 18.8 Å². The third-order valence-corrected chi connectivity index (χ3v) is 5.17. The molecule has 1 N–H and O–H groups in total. The van der Waals surface area contributed by atoms with Crippen LogP contribution in [-0.2, 0) is 15.9 Å². The first-order valence-electron chi connectivity index (χ1n) is 10.8. The SMILES string of the molecule is CC/C=C/C(C#N)=C(\C=C(/C)NC(=O)N1CCCc2ccc(C=O)nc21)OC1CCOC1. The van der Waals surface area contributed by atoms with Gasteiger partial charge in [0.2, 0.25) is 0 Å². The van der Waals surface area contributed by atoms with Crippen molar-refractivity contribution >= 4 is 18.1 Å². The van der Waals surface area contributed by atoms with E-state index < -0.39 is 0 Å². The number of hydrogen-bond acceptors (Lipinski definition) is 6. The maximum absolute atomic E-state index is 13.0. The summed E-state index contributed by atoms with van der Waals surface area (Å²) in [7, 11) is 0. The predicted octanol–water partition coefficient (Wildman–Crippen LogP) is 3.81. The van der Waals surface area contributed by atoms with Crippen LogP contribution < -0.4 is 10.2 Å². The van der Waals surface area contributed by atoms with E-state index in [0.717, 1.165) is 31.2 Å². The average Bonchev–Trinajstić information content (AvgIpc) is 3.31. The summed E-state index contributed by atoms with van der Waals surface area (Å²) in [4.78, 5) is 30.0. The molecule has 1 aromatic rings. The molecule has 1 saturated heterocycles. The number of hydrogen-bond donors (Lipinski definition) is 1. The number of nitrogens with one attached hydrogen (secondary N) is 1. The summed E-state index contributed by atoms with van der Waals surface area (Å²) < 4.78 is 11.4. The van der Waals surface area contributed by atoms with Crippen molar-refractivity contribution < 1.29 is 19.1 Å². The molecular formula is C24H28N4O4. The number of urea groups is 1. The van der Waals surface area contributed by atoms with E-state index >= 15 is 0 Å². The Balaban J connectivity index is 1.82. The number of aldehydes is 1. The monoisotopic (exact) mass is 436 g/mol. The van der Waals surface area contributed by atoms with Crippen molar-refractivity contribution in [1.29, 1.82) is 5.26 Å². The van der Waals surface area contributed by atoms with Crippen molar-refractivity contribution in [1.82, 2.24) is 10.3 Å².